The molecule has 0 fully saturated rings. The molecule has 2 heteroatoms. The van der Waals surface area contributed by atoms with Crippen LogP contribution in [0, 0.1) is 0 Å². The van der Waals surface area contributed by atoms with Crippen LogP contribution in [0.2, 0.25) is 0 Å². The molecule has 2 aliphatic carbocycles. The Morgan fingerprint density at radius 3 is 1.82 bits per heavy atom. The summed E-state index contributed by atoms with van der Waals surface area (Å²) in [4.78, 5) is 5.12. The highest BCUT2D eigenvalue weighted by Crippen LogP contribution is 2.39. The number of aromatic nitrogens is 2. The molecule has 2 nitrogen and oxygen atoms in total. The lowest BCUT2D eigenvalue weighted by Gasteiger charge is -2.21. The smallest absolute Gasteiger partial charge is 0.146 e. The molecule has 0 amide bonds. The van der Waals surface area contributed by atoms with Gasteiger partial charge in [-0.05, 0) is 138 Å². The van der Waals surface area contributed by atoms with E-state index in [1.54, 1.807) is 0 Å². The zero-order valence-electron chi connectivity index (χ0n) is 31.5. The van der Waals surface area contributed by atoms with Gasteiger partial charge in [-0.2, -0.15) is 0 Å². The molecule has 57 heavy (non-hydrogen) atoms. The van der Waals surface area contributed by atoms with Crippen LogP contribution >= 0.6 is 0 Å². The fraction of sp³-hybridized carbons (Fsp3) is 0.0727. The van der Waals surface area contributed by atoms with Gasteiger partial charge in [0.1, 0.15) is 5.65 Å². The van der Waals surface area contributed by atoms with E-state index in [0.29, 0.717) is 0 Å². The Balaban J connectivity index is 0.964. The first kappa shape index (κ1) is 32.2. The van der Waals surface area contributed by atoms with E-state index in [2.05, 4.69) is 186 Å². The highest BCUT2D eigenvalue weighted by molar-refractivity contribution is 6.14. The number of fused-ring (bicyclic) bond motifs is 11. The van der Waals surface area contributed by atoms with Crippen molar-refractivity contribution >= 4 is 83.2 Å². The van der Waals surface area contributed by atoms with Crippen LogP contribution in [0.4, 0.5) is 0 Å². The predicted octanol–water partition coefficient (Wildman–Crippen LogP) is 13.0. The molecule has 0 N–H and O–H groups in total. The van der Waals surface area contributed by atoms with E-state index in [-0.39, 0.29) is 0 Å². The monoisotopic (exact) mass is 726 g/mol. The van der Waals surface area contributed by atoms with Crippen molar-refractivity contribution in [3.63, 3.8) is 0 Å². The number of hydrogen-bond acceptors (Lipinski definition) is 1. The lowest BCUT2D eigenvalue weighted by Crippen LogP contribution is -2.33. The van der Waals surface area contributed by atoms with Crippen LogP contribution in [0.1, 0.15) is 36.8 Å². The van der Waals surface area contributed by atoms with Gasteiger partial charge in [-0.3, -0.25) is 4.40 Å². The van der Waals surface area contributed by atoms with Crippen LogP contribution in [-0.4, -0.2) is 9.38 Å². The third-order valence-electron chi connectivity index (χ3n) is 12.5. The molecule has 0 saturated carbocycles. The second-order valence-corrected chi connectivity index (χ2v) is 15.7. The Morgan fingerprint density at radius 2 is 1.02 bits per heavy atom. The van der Waals surface area contributed by atoms with Crippen molar-refractivity contribution in [2.75, 3.05) is 0 Å². The van der Waals surface area contributed by atoms with Gasteiger partial charge in [0.25, 0.3) is 0 Å². The van der Waals surface area contributed by atoms with Crippen molar-refractivity contribution in [2.45, 2.75) is 25.7 Å². The summed E-state index contributed by atoms with van der Waals surface area (Å²) in [5.74, 6) is 0. The minimum Gasteiger partial charge on any atom is -0.292 e. The molecule has 0 bridgehead atoms. The number of rotatable bonds is 4. The van der Waals surface area contributed by atoms with E-state index in [4.69, 9.17) is 4.98 Å². The van der Waals surface area contributed by atoms with E-state index in [9.17, 15) is 0 Å². The first-order valence-electron chi connectivity index (χ1n) is 20.2. The predicted molar refractivity (Wildman–Crippen MR) is 243 cm³/mol. The summed E-state index contributed by atoms with van der Waals surface area (Å²) in [6.07, 6.45) is 13.9. The standard InChI is InChI=1S/C55H38N2/c1-2-12-40-33-41(30-25-35(40)11-1)36-21-26-38(27-22-36)53-44-14-3-5-16-46(44)54(47-17-6-4-15-45(47)53)39-28-23-37(24-29-39)42-31-32-48-49(34-42)43-13-7-9-19-51(43)57-52-20-10-8-18-50(52)56-55(48)57/h1-3,5,7-23,25-28,30-34H,4,6,24,29H2. The quantitative estimate of drug-likeness (QED) is 0.165. The van der Waals surface area contributed by atoms with Crippen LogP contribution in [0.3, 0.4) is 0 Å². The molecule has 12 rings (SSSR count). The maximum Gasteiger partial charge on any atom is 0.146 e. The average Bonchev–Trinajstić information content (AvgIpc) is 3.68. The summed E-state index contributed by atoms with van der Waals surface area (Å²) in [6, 6.07) is 58.0. The van der Waals surface area contributed by atoms with E-state index in [0.717, 1.165) is 42.4 Å². The molecule has 0 aliphatic heterocycles. The molecule has 0 spiro atoms. The summed E-state index contributed by atoms with van der Waals surface area (Å²) >= 11 is 0. The SMILES string of the molecule is C1=C(c2ccc3c(c2)c2ccccc2n2c4ccccc4nc32)CCC(c2c3c(c(-c4ccc(-c5ccc6ccccc6c5)cc4)c4ccccc24)=CCCC=3)=C1. The second kappa shape index (κ2) is 12.8. The molecule has 2 heterocycles. The third-order valence-corrected chi connectivity index (χ3v) is 12.5. The molecule has 8 aromatic carbocycles. The van der Waals surface area contributed by atoms with Gasteiger partial charge in [0, 0.05) is 10.8 Å². The summed E-state index contributed by atoms with van der Waals surface area (Å²) in [5.41, 5.74) is 15.0. The van der Waals surface area contributed by atoms with Crippen LogP contribution in [0.5, 0.6) is 0 Å². The van der Waals surface area contributed by atoms with Gasteiger partial charge in [0.05, 0.1) is 16.6 Å². The highest BCUT2D eigenvalue weighted by Gasteiger charge is 2.20. The van der Waals surface area contributed by atoms with Gasteiger partial charge in [0.15, 0.2) is 0 Å². The number of imidazole rings is 1. The fourth-order valence-corrected chi connectivity index (χ4v) is 9.81. The average molecular weight is 727 g/mol. The van der Waals surface area contributed by atoms with Crippen molar-refractivity contribution in [1.29, 1.82) is 0 Å². The largest absolute Gasteiger partial charge is 0.292 e. The molecule has 0 unspecified atom stereocenters. The Labute approximate surface area is 330 Å². The van der Waals surface area contributed by atoms with Crippen molar-refractivity contribution in [3.05, 3.63) is 191 Å². The number of nitrogens with zero attached hydrogens (tertiary/aromatic N) is 2. The van der Waals surface area contributed by atoms with Gasteiger partial charge in [-0.15, -0.1) is 0 Å². The molecule has 0 atom stereocenters. The summed E-state index contributed by atoms with van der Waals surface area (Å²) in [5, 5.41) is 11.7. The minimum absolute atomic E-state index is 0.996. The van der Waals surface area contributed by atoms with Crippen molar-refractivity contribution in [1.82, 2.24) is 9.38 Å². The normalized spacial score (nSPS) is 14.2. The molecular formula is C55H38N2. The zero-order chi connectivity index (χ0) is 37.5. The summed E-state index contributed by atoms with van der Waals surface area (Å²) in [6.45, 7) is 0. The van der Waals surface area contributed by atoms with Gasteiger partial charge in [-0.1, -0.05) is 152 Å². The Morgan fingerprint density at radius 1 is 0.404 bits per heavy atom. The lowest BCUT2D eigenvalue weighted by atomic mass is 9.82. The van der Waals surface area contributed by atoms with Crippen molar-refractivity contribution in [2.24, 2.45) is 0 Å². The van der Waals surface area contributed by atoms with Gasteiger partial charge >= 0.3 is 0 Å². The van der Waals surface area contributed by atoms with Crippen LogP contribution in [-0.2, 0) is 0 Å². The van der Waals surface area contributed by atoms with Gasteiger partial charge < -0.3 is 0 Å². The number of benzene rings is 8. The molecule has 0 saturated heterocycles. The first-order chi connectivity index (χ1) is 28.3. The first-order valence-corrected chi connectivity index (χ1v) is 20.2. The Kier molecular flexibility index (Phi) is 7.22. The summed E-state index contributed by atoms with van der Waals surface area (Å²) in [7, 11) is 0. The molecule has 2 aliphatic rings. The van der Waals surface area contributed by atoms with Crippen LogP contribution in [0.25, 0.3) is 105 Å². The third kappa shape index (κ3) is 5.07. The molecule has 0 radical (unpaired) electrons. The van der Waals surface area contributed by atoms with Gasteiger partial charge in [0.2, 0.25) is 0 Å². The Hall–Kier alpha value is -7.03. The molecular weight excluding hydrogens is 689 g/mol. The molecule has 10 aromatic rings. The zero-order valence-corrected chi connectivity index (χ0v) is 31.5. The Bertz CT molecular complexity index is 3500. The molecule has 268 valence electrons. The fourth-order valence-electron chi connectivity index (χ4n) is 9.81. The maximum atomic E-state index is 5.12. The number of allylic oxidation sites excluding steroid dienone is 4. The van der Waals surface area contributed by atoms with Crippen molar-refractivity contribution < 1.29 is 0 Å². The number of para-hydroxylation sites is 3. The van der Waals surface area contributed by atoms with E-state index in [1.165, 1.54) is 98.2 Å². The van der Waals surface area contributed by atoms with Crippen LogP contribution in [0.15, 0.2) is 170 Å². The lowest BCUT2D eigenvalue weighted by molar-refractivity contribution is 1.07. The molecule has 2 aromatic heterocycles. The second-order valence-electron chi connectivity index (χ2n) is 15.7. The summed E-state index contributed by atoms with van der Waals surface area (Å²) < 4.78 is 2.33. The highest BCUT2D eigenvalue weighted by atomic mass is 15.0. The number of hydrogen-bond donors (Lipinski definition) is 0. The van der Waals surface area contributed by atoms with E-state index in [1.807, 2.05) is 0 Å². The van der Waals surface area contributed by atoms with Crippen LogP contribution < -0.4 is 10.4 Å². The van der Waals surface area contributed by atoms with E-state index < -0.39 is 0 Å². The number of pyridine rings is 1. The van der Waals surface area contributed by atoms with Crippen molar-refractivity contribution in [3.8, 4) is 22.3 Å². The van der Waals surface area contributed by atoms with Gasteiger partial charge in [-0.25, -0.2) is 4.98 Å². The minimum atomic E-state index is 0.996. The maximum absolute atomic E-state index is 5.12. The topological polar surface area (TPSA) is 17.3 Å². The van der Waals surface area contributed by atoms with E-state index >= 15 is 0 Å².